The largest absolute Gasteiger partial charge is 0.420 e. The summed E-state index contributed by atoms with van der Waals surface area (Å²) in [5.74, 6) is -0.351. The Morgan fingerprint density at radius 3 is 2.74 bits per heavy atom. The van der Waals surface area contributed by atoms with Crippen molar-refractivity contribution in [2.75, 3.05) is 0 Å². The van der Waals surface area contributed by atoms with Crippen LogP contribution in [0.1, 0.15) is 11.3 Å². The molecule has 2 aromatic heterocycles. The molecule has 0 saturated carbocycles. The first-order valence-corrected chi connectivity index (χ1v) is 8.18. The molecule has 4 rings (SSSR count). The molecule has 0 radical (unpaired) electrons. The van der Waals surface area contributed by atoms with Gasteiger partial charge in [0.2, 0.25) is 0 Å². The molecule has 0 atom stereocenters. The first-order valence-electron chi connectivity index (χ1n) is 7.30. The molecule has 0 amide bonds. The maximum atomic E-state index is 12.0. The van der Waals surface area contributed by atoms with E-state index in [9.17, 15) is 4.79 Å². The van der Waals surface area contributed by atoms with Crippen LogP contribution in [0.5, 0.6) is 0 Å². The molecule has 0 aliphatic rings. The summed E-state index contributed by atoms with van der Waals surface area (Å²) < 4.78 is 6.87. The highest BCUT2D eigenvalue weighted by Crippen LogP contribution is 2.24. The normalized spacial score (nSPS) is 11.2. The van der Waals surface area contributed by atoms with Crippen molar-refractivity contribution in [2.45, 2.75) is 13.5 Å². The van der Waals surface area contributed by atoms with E-state index in [1.54, 1.807) is 22.0 Å². The van der Waals surface area contributed by atoms with E-state index in [2.05, 4.69) is 36.2 Å². The minimum Gasteiger partial charge on any atom is -0.408 e. The second-order valence-electron chi connectivity index (χ2n) is 5.43. The zero-order valence-corrected chi connectivity index (χ0v) is 13.3. The van der Waals surface area contributed by atoms with Gasteiger partial charge in [0.1, 0.15) is 5.01 Å². The molecule has 2 heterocycles. The number of benzene rings is 2. The van der Waals surface area contributed by atoms with Crippen molar-refractivity contribution in [1.29, 1.82) is 0 Å². The topological polar surface area (TPSA) is 48.0 Å². The summed E-state index contributed by atoms with van der Waals surface area (Å²) in [4.78, 5) is 16.7. The summed E-state index contributed by atoms with van der Waals surface area (Å²) >= 11 is 1.58. The number of rotatable bonds is 3. The van der Waals surface area contributed by atoms with Crippen molar-refractivity contribution < 1.29 is 4.42 Å². The van der Waals surface area contributed by atoms with Crippen molar-refractivity contribution in [2.24, 2.45) is 0 Å². The molecule has 0 fully saturated rings. The molecular formula is C18H14N2O2S. The van der Waals surface area contributed by atoms with Crippen LogP contribution in [0.15, 0.2) is 63.1 Å². The maximum absolute atomic E-state index is 12.0. The monoisotopic (exact) mass is 322 g/mol. The molecule has 0 N–H and O–H groups in total. The third-order valence-corrected chi connectivity index (χ3v) is 4.68. The Hall–Kier alpha value is -2.66. The number of nitrogens with zero attached hydrogens (tertiary/aromatic N) is 2. The number of hydrogen-bond acceptors (Lipinski definition) is 4. The van der Waals surface area contributed by atoms with E-state index in [0.29, 0.717) is 12.1 Å². The van der Waals surface area contributed by atoms with E-state index < -0.39 is 0 Å². The molecule has 0 spiro atoms. The molecule has 2 aromatic carbocycles. The van der Waals surface area contributed by atoms with Crippen LogP contribution in [0, 0.1) is 6.92 Å². The number of hydrogen-bond donors (Lipinski definition) is 0. The van der Waals surface area contributed by atoms with Crippen LogP contribution in [-0.4, -0.2) is 9.55 Å². The molecular weight excluding hydrogens is 308 g/mol. The number of fused-ring (bicyclic) bond motifs is 1. The number of thiazole rings is 1. The Kier molecular flexibility index (Phi) is 3.35. The van der Waals surface area contributed by atoms with Gasteiger partial charge >= 0.3 is 5.76 Å². The SMILES string of the molecule is Cc1ccc(-c2nc(Cn3c(=O)oc4ccccc43)cs2)cc1. The van der Waals surface area contributed by atoms with Crippen LogP contribution < -0.4 is 5.76 Å². The quantitative estimate of drug-likeness (QED) is 0.571. The third-order valence-electron chi connectivity index (χ3n) is 3.74. The predicted molar refractivity (Wildman–Crippen MR) is 91.9 cm³/mol. The fourth-order valence-electron chi connectivity index (χ4n) is 2.53. The van der Waals surface area contributed by atoms with Crippen molar-refractivity contribution in [3.05, 3.63) is 75.7 Å². The van der Waals surface area contributed by atoms with Crippen LogP contribution >= 0.6 is 11.3 Å². The Bertz CT molecular complexity index is 1030. The van der Waals surface area contributed by atoms with Crippen molar-refractivity contribution in [3.8, 4) is 10.6 Å². The van der Waals surface area contributed by atoms with E-state index in [0.717, 1.165) is 21.8 Å². The van der Waals surface area contributed by atoms with Gasteiger partial charge in [-0.1, -0.05) is 42.0 Å². The Balaban J connectivity index is 1.68. The number of oxazole rings is 1. The lowest BCUT2D eigenvalue weighted by Gasteiger charge is -1.99. The number of para-hydroxylation sites is 2. The minimum absolute atomic E-state index is 0.351. The summed E-state index contributed by atoms with van der Waals surface area (Å²) in [6.07, 6.45) is 0. The minimum atomic E-state index is -0.351. The molecule has 23 heavy (non-hydrogen) atoms. The van der Waals surface area contributed by atoms with Crippen molar-refractivity contribution >= 4 is 22.4 Å². The highest BCUT2D eigenvalue weighted by molar-refractivity contribution is 7.13. The van der Waals surface area contributed by atoms with Gasteiger partial charge in [-0.15, -0.1) is 11.3 Å². The van der Waals surface area contributed by atoms with Gasteiger partial charge in [-0.3, -0.25) is 4.57 Å². The molecule has 4 aromatic rings. The maximum Gasteiger partial charge on any atom is 0.420 e. The van der Waals surface area contributed by atoms with Gasteiger partial charge in [0.05, 0.1) is 17.8 Å². The molecule has 0 aliphatic heterocycles. The lowest BCUT2D eigenvalue weighted by molar-refractivity contribution is 0.516. The van der Waals surface area contributed by atoms with E-state index in [1.807, 2.05) is 23.6 Å². The van der Waals surface area contributed by atoms with Gasteiger partial charge in [0.25, 0.3) is 0 Å². The van der Waals surface area contributed by atoms with Crippen LogP contribution in [0.3, 0.4) is 0 Å². The third kappa shape index (κ3) is 2.59. The lowest BCUT2D eigenvalue weighted by atomic mass is 10.2. The second kappa shape index (κ2) is 5.52. The molecule has 114 valence electrons. The molecule has 4 nitrogen and oxygen atoms in total. The standard InChI is InChI=1S/C18H14N2O2S/c1-12-6-8-13(9-7-12)17-19-14(11-23-17)10-20-15-4-2-3-5-16(15)22-18(20)21/h2-9,11H,10H2,1H3. The first-order chi connectivity index (χ1) is 11.2. The Labute approximate surface area is 136 Å². The van der Waals surface area contributed by atoms with Crippen molar-refractivity contribution in [1.82, 2.24) is 9.55 Å². The molecule has 0 saturated heterocycles. The van der Waals surface area contributed by atoms with Crippen LogP contribution in [0.4, 0.5) is 0 Å². The van der Waals surface area contributed by atoms with E-state index in [4.69, 9.17) is 4.42 Å². The average molecular weight is 322 g/mol. The Morgan fingerprint density at radius 2 is 1.91 bits per heavy atom. The van der Waals surface area contributed by atoms with Gasteiger partial charge < -0.3 is 4.42 Å². The lowest BCUT2D eigenvalue weighted by Crippen LogP contribution is -2.14. The van der Waals surface area contributed by atoms with Crippen LogP contribution in [-0.2, 0) is 6.54 Å². The zero-order chi connectivity index (χ0) is 15.8. The van der Waals surface area contributed by atoms with E-state index in [-0.39, 0.29) is 5.76 Å². The second-order valence-corrected chi connectivity index (χ2v) is 6.29. The van der Waals surface area contributed by atoms with E-state index in [1.165, 1.54) is 5.56 Å². The van der Waals surface area contributed by atoms with Gasteiger partial charge in [-0.2, -0.15) is 0 Å². The van der Waals surface area contributed by atoms with Crippen LogP contribution in [0.2, 0.25) is 0 Å². The van der Waals surface area contributed by atoms with Crippen LogP contribution in [0.25, 0.3) is 21.7 Å². The van der Waals surface area contributed by atoms with Crippen molar-refractivity contribution in [3.63, 3.8) is 0 Å². The number of aromatic nitrogens is 2. The molecule has 5 heteroatoms. The molecule has 0 aliphatic carbocycles. The predicted octanol–water partition coefficient (Wildman–Crippen LogP) is 4.07. The summed E-state index contributed by atoms with van der Waals surface area (Å²) in [6.45, 7) is 2.48. The Morgan fingerprint density at radius 1 is 1.13 bits per heavy atom. The summed E-state index contributed by atoms with van der Waals surface area (Å²) in [7, 11) is 0. The highest BCUT2D eigenvalue weighted by Gasteiger charge is 2.11. The molecule has 0 unspecified atom stereocenters. The van der Waals surface area contributed by atoms with Gasteiger partial charge in [-0.05, 0) is 19.1 Å². The molecule has 0 bridgehead atoms. The summed E-state index contributed by atoms with van der Waals surface area (Å²) in [5.41, 5.74) is 4.58. The summed E-state index contributed by atoms with van der Waals surface area (Å²) in [5, 5.41) is 2.95. The zero-order valence-electron chi connectivity index (χ0n) is 12.5. The van der Waals surface area contributed by atoms with E-state index >= 15 is 0 Å². The van der Waals surface area contributed by atoms with Gasteiger partial charge in [0.15, 0.2) is 5.58 Å². The summed E-state index contributed by atoms with van der Waals surface area (Å²) in [6, 6.07) is 15.7. The fourth-order valence-corrected chi connectivity index (χ4v) is 3.35. The number of aryl methyl sites for hydroxylation is 1. The smallest absolute Gasteiger partial charge is 0.408 e. The average Bonchev–Trinajstić information content (AvgIpc) is 3.14. The first kappa shape index (κ1) is 14.0. The highest BCUT2D eigenvalue weighted by atomic mass is 32.1. The fraction of sp³-hybridized carbons (Fsp3) is 0.111. The van der Waals surface area contributed by atoms with Gasteiger partial charge in [0, 0.05) is 10.9 Å². The van der Waals surface area contributed by atoms with Gasteiger partial charge in [-0.25, -0.2) is 9.78 Å².